The predicted molar refractivity (Wildman–Crippen MR) is 52.2 cm³/mol. The van der Waals surface area contributed by atoms with E-state index in [2.05, 4.69) is 0 Å². The number of aryl methyl sites for hydroxylation is 1. The van der Waals surface area contributed by atoms with Crippen LogP contribution in [-0.4, -0.2) is 19.5 Å². The molecule has 14 heavy (non-hydrogen) atoms. The maximum absolute atomic E-state index is 11.6. The molecule has 0 saturated carbocycles. The van der Waals surface area contributed by atoms with Crippen molar-refractivity contribution in [3.63, 3.8) is 0 Å². The topological polar surface area (TPSA) is 35.5 Å². The maximum Gasteiger partial charge on any atom is 0.170 e. The molecule has 1 aromatic rings. The van der Waals surface area contributed by atoms with E-state index in [0.717, 1.165) is 5.56 Å². The molecule has 1 heterocycles. The highest BCUT2D eigenvalue weighted by atomic mass is 16.5. The van der Waals surface area contributed by atoms with Gasteiger partial charge in [0.25, 0.3) is 0 Å². The first kappa shape index (κ1) is 9.06. The number of carbonyl (C=O) groups is 1. The molecule has 0 N–H and O–H groups in total. The molecule has 1 aliphatic rings. The minimum atomic E-state index is 0.133. The fourth-order valence-corrected chi connectivity index (χ4v) is 1.64. The van der Waals surface area contributed by atoms with Crippen LogP contribution in [0.25, 0.3) is 0 Å². The van der Waals surface area contributed by atoms with E-state index in [1.54, 1.807) is 13.2 Å². The molecule has 0 aromatic heterocycles. The Labute approximate surface area is 82.6 Å². The molecule has 0 spiro atoms. The van der Waals surface area contributed by atoms with Gasteiger partial charge in [-0.1, -0.05) is 0 Å². The van der Waals surface area contributed by atoms with E-state index in [-0.39, 0.29) is 5.78 Å². The van der Waals surface area contributed by atoms with Crippen molar-refractivity contribution in [2.45, 2.75) is 13.3 Å². The number of methoxy groups -OCH3 is 1. The van der Waals surface area contributed by atoms with Gasteiger partial charge >= 0.3 is 0 Å². The van der Waals surface area contributed by atoms with Crippen LogP contribution >= 0.6 is 0 Å². The molecule has 0 fully saturated rings. The van der Waals surface area contributed by atoms with Crippen LogP contribution in [0.15, 0.2) is 12.1 Å². The lowest BCUT2D eigenvalue weighted by molar-refractivity contribution is 0.0932. The first-order valence-electron chi connectivity index (χ1n) is 4.57. The number of ketones is 1. The molecule has 2 rings (SSSR count). The molecule has 1 aliphatic heterocycles. The van der Waals surface area contributed by atoms with E-state index in [1.807, 2.05) is 13.0 Å². The minimum Gasteiger partial charge on any atom is -0.497 e. The number of hydrogen-bond acceptors (Lipinski definition) is 3. The Morgan fingerprint density at radius 1 is 1.43 bits per heavy atom. The highest BCUT2D eigenvalue weighted by molar-refractivity contribution is 6.00. The largest absolute Gasteiger partial charge is 0.497 e. The van der Waals surface area contributed by atoms with Crippen molar-refractivity contribution in [3.05, 3.63) is 23.3 Å². The average Bonchev–Trinajstić information content (AvgIpc) is 2.19. The Kier molecular flexibility index (Phi) is 2.15. The number of Topliss-reactive ketones (excluding diaryl/α,β-unsaturated/α-hetero) is 1. The highest BCUT2D eigenvalue weighted by Gasteiger charge is 2.21. The summed E-state index contributed by atoms with van der Waals surface area (Å²) >= 11 is 0. The van der Waals surface area contributed by atoms with Crippen molar-refractivity contribution in [3.8, 4) is 11.5 Å². The second-order valence-corrected chi connectivity index (χ2v) is 3.34. The zero-order chi connectivity index (χ0) is 10.1. The van der Waals surface area contributed by atoms with Crippen molar-refractivity contribution < 1.29 is 14.3 Å². The van der Waals surface area contributed by atoms with Crippen molar-refractivity contribution in [1.29, 1.82) is 0 Å². The van der Waals surface area contributed by atoms with Gasteiger partial charge in [-0.15, -0.1) is 0 Å². The standard InChI is InChI=1S/C11H12O3/c1-7-5-8(13-2)6-9-10(12)3-4-14-11(7)9/h5-6H,3-4H2,1-2H3. The lowest BCUT2D eigenvalue weighted by atomic mass is 10.0. The van der Waals surface area contributed by atoms with Gasteiger partial charge in [0.15, 0.2) is 5.78 Å². The monoisotopic (exact) mass is 192 g/mol. The van der Waals surface area contributed by atoms with Gasteiger partial charge in [0.05, 0.1) is 19.3 Å². The van der Waals surface area contributed by atoms with Crippen LogP contribution in [0.2, 0.25) is 0 Å². The van der Waals surface area contributed by atoms with Crippen LogP contribution < -0.4 is 9.47 Å². The molecule has 0 unspecified atom stereocenters. The summed E-state index contributed by atoms with van der Waals surface area (Å²) in [6.07, 6.45) is 0.458. The SMILES string of the molecule is COc1cc(C)c2c(c1)C(=O)CCO2. The first-order chi connectivity index (χ1) is 6.72. The summed E-state index contributed by atoms with van der Waals surface area (Å²) < 4.78 is 10.5. The van der Waals surface area contributed by atoms with Crippen molar-refractivity contribution in [2.24, 2.45) is 0 Å². The fraction of sp³-hybridized carbons (Fsp3) is 0.364. The number of rotatable bonds is 1. The molecule has 1 aromatic carbocycles. The van der Waals surface area contributed by atoms with E-state index < -0.39 is 0 Å². The summed E-state index contributed by atoms with van der Waals surface area (Å²) in [7, 11) is 1.59. The molecule has 0 atom stereocenters. The molecule has 0 aliphatic carbocycles. The van der Waals surface area contributed by atoms with Crippen molar-refractivity contribution >= 4 is 5.78 Å². The maximum atomic E-state index is 11.6. The van der Waals surface area contributed by atoms with E-state index in [4.69, 9.17) is 9.47 Å². The Morgan fingerprint density at radius 3 is 2.93 bits per heavy atom. The summed E-state index contributed by atoms with van der Waals surface area (Å²) in [6, 6.07) is 3.61. The molecule has 3 heteroatoms. The predicted octanol–water partition coefficient (Wildman–Crippen LogP) is 1.97. The van der Waals surface area contributed by atoms with E-state index in [1.165, 1.54) is 0 Å². The first-order valence-corrected chi connectivity index (χ1v) is 4.57. The summed E-state index contributed by atoms with van der Waals surface area (Å²) in [5, 5.41) is 0. The number of fused-ring (bicyclic) bond motifs is 1. The van der Waals surface area contributed by atoms with Crippen LogP contribution in [-0.2, 0) is 0 Å². The zero-order valence-corrected chi connectivity index (χ0v) is 8.29. The molecule has 0 amide bonds. The van der Waals surface area contributed by atoms with E-state index >= 15 is 0 Å². The van der Waals surface area contributed by atoms with Crippen LogP contribution in [0.4, 0.5) is 0 Å². The van der Waals surface area contributed by atoms with Gasteiger partial charge in [-0.3, -0.25) is 4.79 Å². The van der Waals surface area contributed by atoms with Crippen LogP contribution in [0, 0.1) is 6.92 Å². The third-order valence-corrected chi connectivity index (χ3v) is 2.36. The molecule has 74 valence electrons. The quantitative estimate of drug-likeness (QED) is 0.682. The lowest BCUT2D eigenvalue weighted by Gasteiger charge is -2.19. The Bertz CT molecular complexity index is 382. The summed E-state index contributed by atoms with van der Waals surface area (Å²) in [5.74, 6) is 1.55. The molecule has 3 nitrogen and oxygen atoms in total. The Balaban J connectivity index is 2.57. The normalized spacial score (nSPS) is 14.6. The van der Waals surface area contributed by atoms with Crippen LogP contribution in [0.5, 0.6) is 11.5 Å². The van der Waals surface area contributed by atoms with Crippen molar-refractivity contribution in [1.82, 2.24) is 0 Å². The molecular formula is C11H12O3. The van der Waals surface area contributed by atoms with Gasteiger partial charge < -0.3 is 9.47 Å². The third kappa shape index (κ3) is 1.35. The number of carbonyl (C=O) groups excluding carboxylic acids is 1. The van der Waals surface area contributed by atoms with Crippen molar-refractivity contribution in [2.75, 3.05) is 13.7 Å². The fourth-order valence-electron chi connectivity index (χ4n) is 1.64. The van der Waals surface area contributed by atoms with Gasteiger partial charge in [-0.2, -0.15) is 0 Å². The lowest BCUT2D eigenvalue weighted by Crippen LogP contribution is -2.16. The molecule has 0 saturated heterocycles. The molecular weight excluding hydrogens is 180 g/mol. The van der Waals surface area contributed by atoms with Gasteiger partial charge in [0, 0.05) is 6.42 Å². The Hall–Kier alpha value is -1.51. The van der Waals surface area contributed by atoms with Crippen LogP contribution in [0.1, 0.15) is 22.3 Å². The average molecular weight is 192 g/mol. The zero-order valence-electron chi connectivity index (χ0n) is 8.29. The smallest absolute Gasteiger partial charge is 0.170 e. The van der Waals surface area contributed by atoms with E-state index in [9.17, 15) is 4.79 Å². The third-order valence-electron chi connectivity index (χ3n) is 2.36. The molecule has 0 bridgehead atoms. The van der Waals surface area contributed by atoms with Crippen LogP contribution in [0.3, 0.4) is 0 Å². The van der Waals surface area contributed by atoms with E-state index in [0.29, 0.717) is 30.1 Å². The Morgan fingerprint density at radius 2 is 2.21 bits per heavy atom. The summed E-state index contributed by atoms with van der Waals surface area (Å²) in [5.41, 5.74) is 1.60. The van der Waals surface area contributed by atoms with Gasteiger partial charge in [-0.25, -0.2) is 0 Å². The van der Waals surface area contributed by atoms with Gasteiger partial charge in [0.1, 0.15) is 11.5 Å². The highest BCUT2D eigenvalue weighted by Crippen LogP contribution is 2.32. The number of hydrogen-bond donors (Lipinski definition) is 0. The number of benzene rings is 1. The second-order valence-electron chi connectivity index (χ2n) is 3.34. The van der Waals surface area contributed by atoms with Gasteiger partial charge in [0.2, 0.25) is 0 Å². The second kappa shape index (κ2) is 3.33. The summed E-state index contributed by atoms with van der Waals surface area (Å²) in [6.45, 7) is 2.40. The molecule has 0 radical (unpaired) electrons. The van der Waals surface area contributed by atoms with Gasteiger partial charge in [-0.05, 0) is 24.6 Å². The summed E-state index contributed by atoms with van der Waals surface area (Å²) in [4.78, 5) is 11.6. The minimum absolute atomic E-state index is 0.133. The number of ether oxygens (including phenoxy) is 2.